The predicted molar refractivity (Wildman–Crippen MR) is 133 cm³/mol. The maximum Gasteiger partial charge on any atom is 0.161 e. The zero-order valence-corrected chi connectivity index (χ0v) is 20.2. The first-order valence-corrected chi connectivity index (χ1v) is 12.8. The van der Waals surface area contributed by atoms with Crippen molar-refractivity contribution in [2.75, 3.05) is 27.4 Å². The minimum absolute atomic E-state index is 0.260. The van der Waals surface area contributed by atoms with Crippen molar-refractivity contribution in [1.82, 2.24) is 0 Å². The maximum absolute atomic E-state index is 6.29. The first kappa shape index (κ1) is 21.8. The van der Waals surface area contributed by atoms with Crippen molar-refractivity contribution in [2.24, 2.45) is 16.8 Å². The summed E-state index contributed by atoms with van der Waals surface area (Å²) >= 11 is 0. The fourth-order valence-electron chi connectivity index (χ4n) is 5.19. The Morgan fingerprint density at radius 1 is 0.794 bits per heavy atom. The highest BCUT2D eigenvalue weighted by Gasteiger charge is 2.35. The molecule has 2 unspecified atom stereocenters. The van der Waals surface area contributed by atoms with Crippen molar-refractivity contribution >= 4 is 5.71 Å². The maximum atomic E-state index is 6.29. The van der Waals surface area contributed by atoms with Gasteiger partial charge in [-0.3, -0.25) is 4.99 Å². The van der Waals surface area contributed by atoms with Crippen molar-refractivity contribution in [2.45, 2.75) is 56.9 Å². The molecule has 1 radical (unpaired) electrons. The number of methoxy groups -OCH3 is 2. The van der Waals surface area contributed by atoms with Gasteiger partial charge in [-0.05, 0) is 99.1 Å². The summed E-state index contributed by atoms with van der Waals surface area (Å²) in [5, 5.41) is 0. The highest BCUT2D eigenvalue weighted by atomic mass is 16.5. The number of nitrogens with zero attached hydrogens (tertiary/aromatic N) is 1. The fourth-order valence-corrected chi connectivity index (χ4v) is 5.19. The molecule has 0 amide bonds. The lowest BCUT2D eigenvalue weighted by Gasteiger charge is -2.35. The lowest BCUT2D eigenvalue weighted by atomic mass is 9.75. The number of hydrogen-bond acceptors (Lipinski definition) is 5. The van der Waals surface area contributed by atoms with Crippen LogP contribution in [0.2, 0.25) is 0 Å². The van der Waals surface area contributed by atoms with E-state index in [1.165, 1.54) is 31.2 Å². The average molecular weight is 461 g/mol. The Morgan fingerprint density at radius 3 is 2.21 bits per heavy atom. The van der Waals surface area contributed by atoms with Gasteiger partial charge in [-0.25, -0.2) is 0 Å². The normalized spacial score (nSPS) is 23.4. The van der Waals surface area contributed by atoms with Gasteiger partial charge in [0.1, 0.15) is 0 Å². The van der Waals surface area contributed by atoms with Crippen molar-refractivity contribution < 1.29 is 18.9 Å². The minimum Gasteiger partial charge on any atom is -0.493 e. The summed E-state index contributed by atoms with van der Waals surface area (Å²) in [4.78, 5) is 5.30. The van der Waals surface area contributed by atoms with E-state index in [4.69, 9.17) is 23.9 Å². The highest BCUT2D eigenvalue weighted by molar-refractivity contribution is 6.15. The molecular weight excluding hydrogens is 426 g/mol. The second-order valence-corrected chi connectivity index (χ2v) is 10.2. The molecule has 5 nitrogen and oxygen atoms in total. The molecule has 6 rings (SSSR count). The zero-order chi connectivity index (χ0) is 23.1. The van der Waals surface area contributed by atoms with E-state index in [9.17, 15) is 0 Å². The van der Waals surface area contributed by atoms with Crippen LogP contribution in [-0.4, -0.2) is 39.2 Å². The summed E-state index contributed by atoms with van der Waals surface area (Å²) < 4.78 is 23.8. The van der Waals surface area contributed by atoms with Gasteiger partial charge >= 0.3 is 0 Å². The van der Waals surface area contributed by atoms with E-state index >= 15 is 0 Å². The number of benzene rings is 2. The minimum atomic E-state index is 0.260. The molecule has 179 valence electrons. The Balaban J connectivity index is 1.39. The first-order chi connectivity index (χ1) is 16.7. The summed E-state index contributed by atoms with van der Waals surface area (Å²) in [5.74, 6) is 5.01. The molecule has 3 fully saturated rings. The van der Waals surface area contributed by atoms with Crippen LogP contribution in [0.3, 0.4) is 0 Å². The fraction of sp³-hybridized carbons (Fsp3) is 0.517. The summed E-state index contributed by atoms with van der Waals surface area (Å²) in [5.41, 5.74) is 4.54. The number of ether oxygens (including phenoxy) is 4. The van der Waals surface area contributed by atoms with Gasteiger partial charge in [-0.1, -0.05) is 0 Å². The van der Waals surface area contributed by atoms with Crippen molar-refractivity contribution in [3.8, 4) is 23.0 Å². The van der Waals surface area contributed by atoms with Gasteiger partial charge in [-0.15, -0.1) is 0 Å². The van der Waals surface area contributed by atoms with Crippen LogP contribution in [0, 0.1) is 18.3 Å². The molecule has 0 aromatic heterocycles. The van der Waals surface area contributed by atoms with Gasteiger partial charge in [0.05, 0.1) is 39.2 Å². The van der Waals surface area contributed by atoms with E-state index in [-0.39, 0.29) is 6.04 Å². The Bertz CT molecular complexity index is 1090. The van der Waals surface area contributed by atoms with Crippen LogP contribution in [0.4, 0.5) is 0 Å². The van der Waals surface area contributed by atoms with Gasteiger partial charge in [-0.2, -0.15) is 0 Å². The van der Waals surface area contributed by atoms with E-state index < -0.39 is 0 Å². The molecule has 2 aromatic carbocycles. The molecule has 34 heavy (non-hydrogen) atoms. The molecule has 0 bridgehead atoms. The smallest absolute Gasteiger partial charge is 0.161 e. The van der Waals surface area contributed by atoms with Crippen LogP contribution in [0.25, 0.3) is 0 Å². The molecule has 3 saturated carbocycles. The number of fused-ring (bicyclic) bond motifs is 3. The van der Waals surface area contributed by atoms with Crippen molar-refractivity contribution in [1.29, 1.82) is 0 Å². The summed E-state index contributed by atoms with van der Waals surface area (Å²) in [6.07, 6.45) is 10.7. The quantitative estimate of drug-likeness (QED) is 0.462. The van der Waals surface area contributed by atoms with Crippen LogP contribution in [-0.2, 0) is 0 Å². The Morgan fingerprint density at radius 2 is 1.50 bits per heavy atom. The third kappa shape index (κ3) is 4.37. The molecular formula is C29H34NO4. The SMILES string of the molecule is COc1cc2c(cc1OC)C1CC[CH]CC1N=C2c1ccc(OCC2CC2)c(OCC2CC2)c1. The highest BCUT2D eigenvalue weighted by Crippen LogP contribution is 2.45. The molecule has 0 N–H and O–H groups in total. The van der Waals surface area contributed by atoms with E-state index in [1.807, 2.05) is 0 Å². The Labute approximate surface area is 202 Å². The summed E-state index contributed by atoms with van der Waals surface area (Å²) in [6.45, 7) is 1.54. The molecule has 2 aromatic rings. The molecule has 4 aliphatic rings. The monoisotopic (exact) mass is 460 g/mol. The average Bonchev–Trinajstić information content (AvgIpc) is 3.80. The molecule has 1 aliphatic heterocycles. The van der Waals surface area contributed by atoms with Crippen molar-refractivity contribution in [3.63, 3.8) is 0 Å². The Hall–Kier alpha value is -2.69. The largest absolute Gasteiger partial charge is 0.493 e. The third-order valence-corrected chi connectivity index (χ3v) is 7.62. The molecule has 1 heterocycles. The van der Waals surface area contributed by atoms with Gasteiger partial charge in [0.15, 0.2) is 23.0 Å². The van der Waals surface area contributed by atoms with Crippen LogP contribution in [0.5, 0.6) is 23.0 Å². The standard InChI is InChI=1S/C29H34NO4/c1-31-26-14-22-21-5-3-4-6-24(21)30-29(23(22)15-27(26)32-2)20-11-12-25(33-16-18-7-8-18)28(13-20)34-17-19-9-10-19/h4,11-15,18-19,21,24H,3,5-10,16-17H2,1-2H3. The summed E-state index contributed by atoms with van der Waals surface area (Å²) in [6, 6.07) is 10.9. The molecule has 5 heteroatoms. The van der Waals surface area contributed by atoms with Crippen LogP contribution in [0.1, 0.15) is 67.6 Å². The lowest BCUT2D eigenvalue weighted by Crippen LogP contribution is -2.29. The van der Waals surface area contributed by atoms with E-state index in [0.717, 1.165) is 72.3 Å². The van der Waals surface area contributed by atoms with E-state index in [2.05, 4.69) is 36.8 Å². The topological polar surface area (TPSA) is 49.3 Å². The number of hydrogen-bond donors (Lipinski definition) is 0. The van der Waals surface area contributed by atoms with Crippen molar-refractivity contribution in [3.05, 3.63) is 53.4 Å². The lowest BCUT2D eigenvalue weighted by molar-refractivity contribution is 0.253. The Kier molecular flexibility index (Phi) is 5.88. The van der Waals surface area contributed by atoms with E-state index in [1.54, 1.807) is 14.2 Å². The molecule has 0 saturated heterocycles. The first-order valence-electron chi connectivity index (χ1n) is 12.8. The second kappa shape index (κ2) is 9.16. The van der Waals surface area contributed by atoms with Crippen LogP contribution >= 0.6 is 0 Å². The zero-order valence-electron chi connectivity index (χ0n) is 20.2. The number of aliphatic imine (C=N–C) groups is 1. The molecule has 0 spiro atoms. The van der Waals surface area contributed by atoms with Crippen LogP contribution < -0.4 is 18.9 Å². The van der Waals surface area contributed by atoms with Gasteiger partial charge in [0, 0.05) is 17.0 Å². The molecule has 3 aliphatic carbocycles. The van der Waals surface area contributed by atoms with E-state index in [0.29, 0.717) is 17.8 Å². The van der Waals surface area contributed by atoms with Gasteiger partial charge < -0.3 is 18.9 Å². The molecule has 2 atom stereocenters. The second-order valence-electron chi connectivity index (χ2n) is 10.2. The van der Waals surface area contributed by atoms with Gasteiger partial charge in [0.25, 0.3) is 0 Å². The third-order valence-electron chi connectivity index (χ3n) is 7.62. The van der Waals surface area contributed by atoms with Gasteiger partial charge in [0.2, 0.25) is 0 Å². The summed E-state index contributed by atoms with van der Waals surface area (Å²) in [7, 11) is 3.40. The predicted octanol–water partition coefficient (Wildman–Crippen LogP) is 5.97. The number of rotatable bonds is 9. The van der Waals surface area contributed by atoms with Crippen LogP contribution in [0.15, 0.2) is 35.3 Å².